The molecule has 0 aliphatic heterocycles. The van der Waals surface area contributed by atoms with Crippen LogP contribution in [0.5, 0.6) is 0 Å². The number of rotatable bonds is 1. The Morgan fingerprint density at radius 2 is 1.60 bits per heavy atom. The Balaban J connectivity index is 0.000000180. The number of urea groups is 1. The average Bonchev–Trinajstić information content (AvgIpc) is 2.38. The Bertz CT molecular complexity index is 138. The minimum Gasteiger partial charge on any atom is -0.481 e. The standard InChI is InChI=1S/C4H6O2.CH4N2O/c5-4(6)3-1-2-3;2-1(3)4/h3H,1-2H2,(H,5,6);(H4,2,3,4). The van der Waals surface area contributed by atoms with Crippen molar-refractivity contribution >= 4 is 12.0 Å². The van der Waals surface area contributed by atoms with E-state index in [4.69, 9.17) is 9.90 Å². The molecule has 0 aromatic heterocycles. The summed E-state index contributed by atoms with van der Waals surface area (Å²) in [4.78, 5) is 18.8. The van der Waals surface area contributed by atoms with Gasteiger partial charge in [0.05, 0.1) is 5.92 Å². The van der Waals surface area contributed by atoms with E-state index in [9.17, 15) is 4.79 Å². The van der Waals surface area contributed by atoms with Crippen molar-refractivity contribution in [2.24, 2.45) is 17.4 Å². The molecule has 0 heterocycles. The summed E-state index contributed by atoms with van der Waals surface area (Å²) < 4.78 is 0. The summed E-state index contributed by atoms with van der Waals surface area (Å²) in [5.41, 5.74) is 8.50. The molecule has 1 fully saturated rings. The van der Waals surface area contributed by atoms with Gasteiger partial charge in [0.25, 0.3) is 0 Å². The van der Waals surface area contributed by atoms with Gasteiger partial charge in [0, 0.05) is 0 Å². The normalized spacial score (nSPS) is 14.8. The van der Waals surface area contributed by atoms with E-state index in [-0.39, 0.29) is 5.92 Å². The zero-order valence-corrected chi connectivity index (χ0v) is 5.41. The molecule has 0 bridgehead atoms. The molecule has 0 saturated heterocycles. The molecular formula is C5H10N2O3. The number of carboxylic acids is 1. The second-order valence-corrected chi connectivity index (χ2v) is 2.01. The van der Waals surface area contributed by atoms with E-state index in [1.54, 1.807) is 0 Å². The highest BCUT2D eigenvalue weighted by molar-refractivity contribution is 5.72. The molecule has 5 nitrogen and oxygen atoms in total. The first-order chi connectivity index (χ1) is 4.54. The SMILES string of the molecule is NC(N)=O.O=C(O)C1CC1. The van der Waals surface area contributed by atoms with Crippen LogP contribution >= 0.6 is 0 Å². The predicted octanol–water partition coefficient (Wildman–Crippen LogP) is -0.495. The van der Waals surface area contributed by atoms with Crippen molar-refractivity contribution in [1.29, 1.82) is 0 Å². The monoisotopic (exact) mass is 146 g/mol. The summed E-state index contributed by atoms with van der Waals surface area (Å²) in [6, 6.07) is -0.833. The molecule has 0 aromatic carbocycles. The number of amides is 2. The van der Waals surface area contributed by atoms with Gasteiger partial charge in [-0.15, -0.1) is 0 Å². The molecule has 1 aliphatic carbocycles. The van der Waals surface area contributed by atoms with Crippen LogP contribution in [0.1, 0.15) is 12.8 Å². The minimum atomic E-state index is -0.833. The largest absolute Gasteiger partial charge is 0.481 e. The molecule has 5 heteroatoms. The van der Waals surface area contributed by atoms with Crippen LogP contribution in [-0.4, -0.2) is 17.1 Å². The molecule has 0 atom stereocenters. The third kappa shape index (κ3) is 6.74. The topological polar surface area (TPSA) is 106 Å². The smallest absolute Gasteiger partial charge is 0.309 e. The van der Waals surface area contributed by atoms with Gasteiger partial charge in [-0.2, -0.15) is 0 Å². The van der Waals surface area contributed by atoms with Gasteiger partial charge in [0.15, 0.2) is 0 Å². The molecule has 10 heavy (non-hydrogen) atoms. The summed E-state index contributed by atoms with van der Waals surface area (Å²) >= 11 is 0. The number of primary amides is 2. The first kappa shape index (κ1) is 8.74. The van der Waals surface area contributed by atoms with Crippen molar-refractivity contribution in [2.45, 2.75) is 12.8 Å². The number of hydrogen-bond donors (Lipinski definition) is 3. The van der Waals surface area contributed by atoms with Crippen LogP contribution in [0.15, 0.2) is 0 Å². The van der Waals surface area contributed by atoms with E-state index in [0.29, 0.717) is 0 Å². The lowest BCUT2D eigenvalue weighted by molar-refractivity contribution is -0.138. The van der Waals surface area contributed by atoms with E-state index in [1.165, 1.54) is 0 Å². The molecule has 2 amide bonds. The van der Waals surface area contributed by atoms with Crippen LogP contribution < -0.4 is 11.5 Å². The van der Waals surface area contributed by atoms with Gasteiger partial charge in [0.2, 0.25) is 0 Å². The molecule has 1 saturated carbocycles. The van der Waals surface area contributed by atoms with E-state index >= 15 is 0 Å². The van der Waals surface area contributed by atoms with Gasteiger partial charge < -0.3 is 16.6 Å². The molecule has 0 spiro atoms. The first-order valence-corrected chi connectivity index (χ1v) is 2.81. The van der Waals surface area contributed by atoms with Crippen molar-refractivity contribution in [3.8, 4) is 0 Å². The van der Waals surface area contributed by atoms with Gasteiger partial charge in [-0.3, -0.25) is 4.79 Å². The number of carbonyl (C=O) groups is 2. The van der Waals surface area contributed by atoms with E-state index in [0.717, 1.165) is 12.8 Å². The first-order valence-electron chi connectivity index (χ1n) is 2.81. The molecule has 5 N–H and O–H groups in total. The molecule has 0 radical (unpaired) electrons. The van der Waals surface area contributed by atoms with Crippen LogP contribution in [0.3, 0.4) is 0 Å². The summed E-state index contributed by atoms with van der Waals surface area (Å²) in [5.74, 6) is -0.611. The lowest BCUT2D eigenvalue weighted by Crippen LogP contribution is -2.18. The predicted molar refractivity (Wildman–Crippen MR) is 34.1 cm³/mol. The second-order valence-electron chi connectivity index (χ2n) is 2.01. The Kier molecular flexibility index (Phi) is 3.24. The van der Waals surface area contributed by atoms with Gasteiger partial charge in [-0.25, -0.2) is 4.79 Å². The van der Waals surface area contributed by atoms with Gasteiger partial charge in [-0.05, 0) is 12.8 Å². The average molecular weight is 146 g/mol. The summed E-state index contributed by atoms with van der Waals surface area (Å²) in [6.45, 7) is 0. The van der Waals surface area contributed by atoms with Crippen LogP contribution in [-0.2, 0) is 4.79 Å². The number of nitrogens with two attached hydrogens (primary N) is 2. The number of carbonyl (C=O) groups excluding carboxylic acids is 1. The number of hydrogen-bond acceptors (Lipinski definition) is 2. The minimum absolute atomic E-state index is 0.0185. The number of carboxylic acid groups (broad SMARTS) is 1. The van der Waals surface area contributed by atoms with E-state index in [1.807, 2.05) is 0 Å². The molecule has 0 unspecified atom stereocenters. The highest BCUT2D eigenvalue weighted by atomic mass is 16.4. The lowest BCUT2D eigenvalue weighted by atomic mass is 10.5. The van der Waals surface area contributed by atoms with Gasteiger partial charge in [-0.1, -0.05) is 0 Å². The Labute approximate surface area is 58.0 Å². The Morgan fingerprint density at radius 1 is 1.30 bits per heavy atom. The lowest BCUT2D eigenvalue weighted by Gasteiger charge is -1.75. The van der Waals surface area contributed by atoms with Crippen molar-refractivity contribution in [1.82, 2.24) is 0 Å². The third-order valence-electron chi connectivity index (χ3n) is 0.927. The maximum absolute atomic E-state index is 9.76. The van der Waals surface area contributed by atoms with Crippen molar-refractivity contribution in [3.05, 3.63) is 0 Å². The van der Waals surface area contributed by atoms with Crippen LogP contribution in [0, 0.1) is 5.92 Å². The number of aliphatic carboxylic acids is 1. The molecule has 58 valence electrons. The van der Waals surface area contributed by atoms with Crippen LogP contribution in [0.4, 0.5) is 4.79 Å². The molecule has 1 rings (SSSR count). The molecule has 0 aromatic rings. The van der Waals surface area contributed by atoms with Gasteiger partial charge in [0.1, 0.15) is 0 Å². The highest BCUT2D eigenvalue weighted by Crippen LogP contribution is 2.28. The van der Waals surface area contributed by atoms with Crippen molar-refractivity contribution < 1.29 is 14.7 Å². The highest BCUT2D eigenvalue weighted by Gasteiger charge is 2.28. The maximum Gasteiger partial charge on any atom is 0.309 e. The Hall–Kier alpha value is -1.26. The summed E-state index contributed by atoms with van der Waals surface area (Å²) in [6.07, 6.45) is 1.80. The van der Waals surface area contributed by atoms with E-state index in [2.05, 4.69) is 11.5 Å². The second kappa shape index (κ2) is 3.71. The van der Waals surface area contributed by atoms with Gasteiger partial charge >= 0.3 is 12.0 Å². The summed E-state index contributed by atoms with van der Waals surface area (Å²) in [7, 11) is 0. The van der Waals surface area contributed by atoms with E-state index < -0.39 is 12.0 Å². The maximum atomic E-state index is 9.76. The Morgan fingerprint density at radius 3 is 1.60 bits per heavy atom. The summed E-state index contributed by atoms with van der Waals surface area (Å²) in [5, 5.41) is 8.05. The molecular weight excluding hydrogens is 136 g/mol. The zero-order valence-electron chi connectivity index (χ0n) is 5.41. The molecule has 1 aliphatic rings. The van der Waals surface area contributed by atoms with Crippen LogP contribution in [0.25, 0.3) is 0 Å². The zero-order chi connectivity index (χ0) is 8.15. The quantitative estimate of drug-likeness (QED) is 0.464. The van der Waals surface area contributed by atoms with Crippen molar-refractivity contribution in [3.63, 3.8) is 0 Å². The van der Waals surface area contributed by atoms with Crippen LogP contribution in [0.2, 0.25) is 0 Å². The third-order valence-corrected chi connectivity index (χ3v) is 0.927. The van der Waals surface area contributed by atoms with Crippen molar-refractivity contribution in [2.75, 3.05) is 0 Å². The fraction of sp³-hybridized carbons (Fsp3) is 0.600. The fourth-order valence-electron chi connectivity index (χ4n) is 0.330. The fourth-order valence-corrected chi connectivity index (χ4v) is 0.330.